The van der Waals surface area contributed by atoms with Gasteiger partial charge in [0.05, 0.1) is 43.1 Å². The van der Waals surface area contributed by atoms with Crippen molar-refractivity contribution in [2.75, 3.05) is 75.4 Å². The predicted molar refractivity (Wildman–Crippen MR) is 228 cm³/mol. The number of aromatic amines is 1. The molecule has 3 N–H and O–H groups in total. The van der Waals surface area contributed by atoms with E-state index in [1.54, 1.807) is 22.2 Å². The molecule has 15 nitrogen and oxygen atoms in total. The molecule has 17 heteroatoms. The lowest BCUT2D eigenvalue weighted by Gasteiger charge is -2.46. The number of para-hydroxylation sites is 1. The fourth-order valence-corrected chi connectivity index (χ4v) is 11.7. The van der Waals surface area contributed by atoms with Gasteiger partial charge in [-0.25, -0.2) is 18.7 Å². The number of ether oxygens (including phenoxy) is 2. The molecule has 4 fully saturated rings. The van der Waals surface area contributed by atoms with Crippen LogP contribution in [0.5, 0.6) is 5.75 Å². The third-order valence-corrected chi connectivity index (χ3v) is 14.8. The number of halogens is 2. The summed E-state index contributed by atoms with van der Waals surface area (Å²) in [7, 11) is 0. The topological polar surface area (TPSA) is 160 Å². The van der Waals surface area contributed by atoms with Crippen molar-refractivity contribution in [3.8, 4) is 5.75 Å². The van der Waals surface area contributed by atoms with Gasteiger partial charge in [0.15, 0.2) is 0 Å². The van der Waals surface area contributed by atoms with E-state index in [1.807, 2.05) is 37.3 Å². The number of nitrogens with zero attached hydrogens (tertiary/aromatic N) is 7. The fourth-order valence-electron chi connectivity index (χ4n) is 11.7. The number of alkyl halides is 2. The number of carbonyl (C=O) groups is 3. The summed E-state index contributed by atoms with van der Waals surface area (Å²) in [5, 5.41) is 13.0. The Morgan fingerprint density at radius 2 is 1.79 bits per heavy atom. The third-order valence-electron chi connectivity index (χ3n) is 14.8. The van der Waals surface area contributed by atoms with Crippen LogP contribution in [0.25, 0.3) is 10.9 Å². The van der Waals surface area contributed by atoms with Gasteiger partial charge < -0.3 is 34.3 Å². The average Bonchev–Trinajstić information content (AvgIpc) is 3.96. The third kappa shape index (κ3) is 7.11. The lowest BCUT2D eigenvalue weighted by atomic mass is 9.85. The number of piperazine rings is 1. The number of piperidine rings is 2. The first-order valence-electron chi connectivity index (χ1n) is 22.4. The second kappa shape index (κ2) is 15.5. The lowest BCUT2D eigenvalue weighted by molar-refractivity contribution is -0.136. The number of fused-ring (bicyclic) bond motifs is 8. The van der Waals surface area contributed by atoms with E-state index in [4.69, 9.17) is 19.4 Å². The zero-order valence-corrected chi connectivity index (χ0v) is 35.4. The molecule has 0 aliphatic carbocycles. The smallest absolute Gasteiger partial charge is 0.283 e. The maximum absolute atomic E-state index is 14.8. The number of benzene rings is 2. The number of aromatic nitrogens is 3. The lowest BCUT2D eigenvalue weighted by Crippen LogP contribution is -2.58. The molecule has 11 rings (SSSR count). The van der Waals surface area contributed by atoms with Crippen LogP contribution < -0.4 is 19.9 Å². The van der Waals surface area contributed by atoms with Crippen LogP contribution in [0.3, 0.4) is 0 Å². The number of imide groups is 1. The summed E-state index contributed by atoms with van der Waals surface area (Å²) < 4.78 is 42.6. The number of hydrogen-bond donors (Lipinski definition) is 3. The van der Waals surface area contributed by atoms with Crippen LogP contribution in [0.1, 0.15) is 77.8 Å². The zero-order chi connectivity index (χ0) is 43.2. The van der Waals surface area contributed by atoms with Crippen LogP contribution in [0, 0.1) is 5.92 Å². The molecular weight excluding hydrogens is 813 g/mol. The monoisotopic (exact) mass is 865 g/mol. The van der Waals surface area contributed by atoms with Crippen molar-refractivity contribution in [1.29, 1.82) is 0 Å². The van der Waals surface area contributed by atoms with E-state index in [9.17, 15) is 28.3 Å². The molecule has 2 aromatic carbocycles. The fraction of sp³-hybridized carbons (Fsp3) is 0.543. The Balaban J connectivity index is 0.707. The van der Waals surface area contributed by atoms with Gasteiger partial charge >= 0.3 is 0 Å². The van der Waals surface area contributed by atoms with Crippen molar-refractivity contribution in [2.24, 2.45) is 5.92 Å². The molecule has 332 valence electrons. The second-order valence-corrected chi connectivity index (χ2v) is 18.8. The van der Waals surface area contributed by atoms with E-state index < -0.39 is 37.1 Å². The first-order chi connectivity index (χ1) is 30.5. The van der Waals surface area contributed by atoms with Crippen LogP contribution in [-0.4, -0.2) is 148 Å². The highest BCUT2D eigenvalue weighted by Gasteiger charge is 2.47. The minimum atomic E-state index is -3.26. The van der Waals surface area contributed by atoms with Gasteiger partial charge in [0, 0.05) is 97.4 Å². The van der Waals surface area contributed by atoms with E-state index in [-0.39, 0.29) is 35.9 Å². The molecule has 63 heavy (non-hydrogen) atoms. The number of hydrogen-bond acceptors (Lipinski definition) is 12. The second-order valence-electron chi connectivity index (χ2n) is 18.8. The van der Waals surface area contributed by atoms with Crippen molar-refractivity contribution in [1.82, 2.24) is 35.0 Å². The molecule has 4 saturated heterocycles. The summed E-state index contributed by atoms with van der Waals surface area (Å²) in [4.78, 5) is 61.4. The van der Waals surface area contributed by atoms with Gasteiger partial charge in [0.1, 0.15) is 25.0 Å². The zero-order valence-electron chi connectivity index (χ0n) is 35.4. The number of aliphatic hydroxyl groups is 1. The van der Waals surface area contributed by atoms with Crippen LogP contribution in [0.15, 0.2) is 48.8 Å². The molecule has 9 heterocycles. The Morgan fingerprint density at radius 1 is 0.984 bits per heavy atom. The quantitative estimate of drug-likeness (QED) is 0.221. The molecule has 2 unspecified atom stereocenters. The van der Waals surface area contributed by atoms with Crippen molar-refractivity contribution >= 4 is 40.3 Å². The van der Waals surface area contributed by atoms with E-state index >= 15 is 0 Å². The average molecular weight is 866 g/mol. The van der Waals surface area contributed by atoms with Crippen molar-refractivity contribution in [2.45, 2.75) is 87.7 Å². The van der Waals surface area contributed by atoms with Crippen molar-refractivity contribution in [3.05, 3.63) is 76.7 Å². The van der Waals surface area contributed by atoms with E-state index in [2.05, 4.69) is 31.1 Å². The summed E-state index contributed by atoms with van der Waals surface area (Å²) in [6.45, 7) is 6.76. The van der Waals surface area contributed by atoms with Gasteiger partial charge in [-0.3, -0.25) is 29.5 Å². The molecule has 3 amide bonds. The van der Waals surface area contributed by atoms with Gasteiger partial charge in [0.2, 0.25) is 17.8 Å². The van der Waals surface area contributed by atoms with Gasteiger partial charge in [0.25, 0.3) is 11.8 Å². The summed E-state index contributed by atoms with van der Waals surface area (Å²) in [6, 6.07) is 10.7. The van der Waals surface area contributed by atoms with Crippen molar-refractivity contribution in [3.63, 3.8) is 0 Å². The maximum Gasteiger partial charge on any atom is 0.283 e. The standard InChI is InChI=1S/C46H53F2N9O6/c1-27-16-33-31-4-2-3-5-35(31)51-39(33)40(57(27)25-46(47,48)26-58)29-18-49-44(50-19-29)54-12-10-45(11-13-54)17-28(23-63-45)20-53-14-15-55-30(21-53)24-62-41-34-22-56(37-8-9-38(59)52-42(37)60)43(61)32(34)6-7-36(41)55/h2-7,18-19,27-28,30,37,40,51,58H,8-17,20-26H2,1H3,(H,52,59,60)/t27-,28?,30-,37?,40-/m1/s1. The van der Waals surface area contributed by atoms with Gasteiger partial charge in [-0.15, -0.1) is 0 Å². The highest BCUT2D eigenvalue weighted by atomic mass is 19.3. The molecular formula is C46H53F2N9O6. The molecule has 7 aliphatic heterocycles. The Hall–Kier alpha value is -5.23. The highest BCUT2D eigenvalue weighted by molar-refractivity contribution is 6.06. The number of anilines is 2. The summed E-state index contributed by atoms with van der Waals surface area (Å²) in [5.74, 6) is -2.41. The summed E-state index contributed by atoms with van der Waals surface area (Å²) in [5.41, 5.74) is 5.88. The van der Waals surface area contributed by atoms with Crippen LogP contribution in [-0.2, 0) is 27.3 Å². The number of rotatable bonds is 8. The molecule has 1 spiro atoms. The normalized spacial score (nSPS) is 27.3. The number of nitrogens with one attached hydrogen (secondary N) is 2. The molecule has 2 aromatic heterocycles. The number of amides is 3. The Morgan fingerprint density at radius 3 is 2.59 bits per heavy atom. The Kier molecular flexibility index (Phi) is 9.97. The number of aliphatic hydroxyl groups excluding tert-OH is 1. The summed E-state index contributed by atoms with van der Waals surface area (Å²) in [6.07, 6.45) is 7.43. The van der Waals surface area contributed by atoms with Gasteiger partial charge in [-0.2, -0.15) is 0 Å². The van der Waals surface area contributed by atoms with Gasteiger partial charge in [-0.1, -0.05) is 18.2 Å². The Bertz CT molecular complexity index is 2460. The van der Waals surface area contributed by atoms with E-state index in [0.29, 0.717) is 43.4 Å². The number of H-pyrrole nitrogens is 1. The van der Waals surface area contributed by atoms with E-state index in [1.165, 1.54) is 0 Å². The molecule has 0 bridgehead atoms. The number of carbonyl (C=O) groups excluding carboxylic acids is 3. The minimum absolute atomic E-state index is 0.175. The minimum Gasteiger partial charge on any atom is -0.489 e. The molecule has 0 radical (unpaired) electrons. The van der Waals surface area contributed by atoms with Crippen LogP contribution in [0.2, 0.25) is 0 Å². The van der Waals surface area contributed by atoms with Gasteiger partial charge in [-0.05, 0) is 68.7 Å². The Labute approximate surface area is 363 Å². The molecule has 5 atom stereocenters. The van der Waals surface area contributed by atoms with E-state index in [0.717, 1.165) is 110 Å². The molecule has 0 saturated carbocycles. The van der Waals surface area contributed by atoms with Crippen molar-refractivity contribution < 1.29 is 37.7 Å². The summed E-state index contributed by atoms with van der Waals surface area (Å²) >= 11 is 0. The SMILES string of the molecule is C[C@@H]1Cc2c([nH]c3ccccc23)[C@@H](c2cnc(N3CCC4(CC3)CC(CN3CCN5c6ccc7c(c6OC[C@H]5C3)CN(C3CCC(=O)NC3=O)C7=O)CO4)nc2)N1CC(F)(F)CO. The largest absolute Gasteiger partial charge is 0.489 e. The molecule has 4 aromatic rings. The maximum atomic E-state index is 14.8. The first kappa shape index (κ1) is 40.5. The van der Waals surface area contributed by atoms with Crippen LogP contribution >= 0.6 is 0 Å². The molecule has 7 aliphatic rings. The predicted octanol–water partition coefficient (Wildman–Crippen LogP) is 3.64. The first-order valence-corrected chi connectivity index (χ1v) is 22.4. The van der Waals surface area contributed by atoms with Crippen LogP contribution in [0.4, 0.5) is 20.4 Å². The highest BCUT2D eigenvalue weighted by Crippen LogP contribution is 2.46.